The van der Waals surface area contributed by atoms with E-state index < -0.39 is 0 Å². The first kappa shape index (κ1) is 17.8. The van der Waals surface area contributed by atoms with Gasteiger partial charge in [0, 0.05) is 0 Å². The first-order valence-corrected chi connectivity index (χ1v) is 8.56. The van der Waals surface area contributed by atoms with Crippen LogP contribution in [-0.4, -0.2) is 20.9 Å². The number of hydrogen-bond donors (Lipinski definition) is 1. The van der Waals surface area contributed by atoms with E-state index in [1.54, 1.807) is 6.07 Å². The second-order valence-electron chi connectivity index (χ2n) is 6.73. The van der Waals surface area contributed by atoms with Crippen LogP contribution in [0.25, 0.3) is 10.9 Å². The van der Waals surface area contributed by atoms with Gasteiger partial charge in [0.25, 0.3) is 5.56 Å². The van der Waals surface area contributed by atoms with Crippen LogP contribution in [0.15, 0.2) is 41.2 Å². The van der Waals surface area contributed by atoms with Crippen molar-refractivity contribution in [2.45, 2.75) is 40.3 Å². The zero-order valence-corrected chi connectivity index (χ0v) is 15.4. The predicted molar refractivity (Wildman–Crippen MR) is 101 cm³/mol. The second kappa shape index (κ2) is 7.07. The van der Waals surface area contributed by atoms with Crippen LogP contribution in [-0.2, 0) is 11.3 Å². The van der Waals surface area contributed by atoms with Crippen LogP contribution in [0.2, 0.25) is 0 Å². The summed E-state index contributed by atoms with van der Waals surface area (Å²) in [6.45, 7) is 7.58. The van der Waals surface area contributed by atoms with Gasteiger partial charge >= 0.3 is 0 Å². The second-order valence-corrected chi connectivity index (χ2v) is 6.73. The van der Waals surface area contributed by atoms with Crippen molar-refractivity contribution >= 4 is 16.8 Å². The lowest BCUT2D eigenvalue weighted by atomic mass is 10.1. The number of rotatable bonds is 4. The topological polar surface area (TPSA) is 76.9 Å². The number of carbonyl (C=O) groups is 1. The molecule has 1 heterocycles. The fourth-order valence-electron chi connectivity index (χ4n) is 3.00. The fourth-order valence-corrected chi connectivity index (χ4v) is 3.00. The minimum atomic E-state index is -0.306. The maximum atomic E-state index is 12.6. The van der Waals surface area contributed by atoms with Crippen LogP contribution >= 0.6 is 0 Å². The van der Waals surface area contributed by atoms with Crippen molar-refractivity contribution in [3.05, 3.63) is 69.0 Å². The largest absolute Gasteiger partial charge is 0.348 e. The van der Waals surface area contributed by atoms with Gasteiger partial charge in [-0.25, -0.2) is 4.68 Å². The molecule has 0 saturated carbocycles. The van der Waals surface area contributed by atoms with E-state index in [0.717, 1.165) is 26.9 Å². The minimum absolute atomic E-state index is 0.156. The molecule has 1 amide bonds. The first-order chi connectivity index (χ1) is 12.3. The molecule has 26 heavy (non-hydrogen) atoms. The third-order valence-electron chi connectivity index (χ3n) is 4.41. The molecule has 6 nitrogen and oxygen atoms in total. The van der Waals surface area contributed by atoms with E-state index in [9.17, 15) is 9.59 Å². The van der Waals surface area contributed by atoms with E-state index in [1.807, 2.05) is 58.0 Å². The molecule has 1 atom stereocenters. The van der Waals surface area contributed by atoms with Crippen LogP contribution in [0.3, 0.4) is 0 Å². The van der Waals surface area contributed by atoms with Gasteiger partial charge in [-0.2, -0.15) is 0 Å². The number of carbonyl (C=O) groups excluding carboxylic acids is 1. The Morgan fingerprint density at radius 2 is 1.81 bits per heavy atom. The molecule has 1 N–H and O–H groups in total. The molecule has 0 unspecified atom stereocenters. The maximum Gasteiger partial charge on any atom is 0.278 e. The predicted octanol–water partition coefficient (Wildman–Crippen LogP) is 2.59. The van der Waals surface area contributed by atoms with Gasteiger partial charge in [-0.05, 0) is 50.5 Å². The molecule has 0 fully saturated rings. The molecule has 0 saturated heterocycles. The van der Waals surface area contributed by atoms with Crippen molar-refractivity contribution in [3.8, 4) is 0 Å². The SMILES string of the molecule is Cc1ccc([C@H](C)NC(=O)Cn2nnc3c(C)cc(C)cc3c2=O)cc1. The van der Waals surface area contributed by atoms with E-state index in [1.165, 1.54) is 0 Å². The van der Waals surface area contributed by atoms with Crippen LogP contribution < -0.4 is 10.9 Å². The normalized spacial score (nSPS) is 12.2. The molecule has 6 heteroatoms. The Bertz CT molecular complexity index is 1020. The van der Waals surface area contributed by atoms with Gasteiger partial charge in [0.1, 0.15) is 12.1 Å². The summed E-state index contributed by atoms with van der Waals surface area (Å²) in [6.07, 6.45) is 0. The lowest BCUT2D eigenvalue weighted by Gasteiger charge is -2.15. The van der Waals surface area contributed by atoms with Gasteiger partial charge < -0.3 is 5.32 Å². The maximum absolute atomic E-state index is 12.6. The van der Waals surface area contributed by atoms with Gasteiger partial charge in [0.05, 0.1) is 11.4 Å². The van der Waals surface area contributed by atoms with Crippen molar-refractivity contribution in [1.29, 1.82) is 0 Å². The summed E-state index contributed by atoms with van der Waals surface area (Å²) in [7, 11) is 0. The van der Waals surface area contributed by atoms with Gasteiger partial charge in [-0.15, -0.1) is 5.10 Å². The summed E-state index contributed by atoms with van der Waals surface area (Å²) in [4.78, 5) is 25.0. The third-order valence-corrected chi connectivity index (χ3v) is 4.41. The number of aryl methyl sites for hydroxylation is 3. The van der Waals surface area contributed by atoms with Crippen molar-refractivity contribution in [3.63, 3.8) is 0 Å². The molecule has 134 valence electrons. The molecular formula is C20H22N4O2. The highest BCUT2D eigenvalue weighted by Gasteiger charge is 2.14. The lowest BCUT2D eigenvalue weighted by Crippen LogP contribution is -2.35. The molecule has 0 bridgehead atoms. The van der Waals surface area contributed by atoms with E-state index in [0.29, 0.717) is 10.9 Å². The number of nitrogens with zero attached hydrogens (tertiary/aromatic N) is 3. The molecule has 2 aromatic carbocycles. The average molecular weight is 350 g/mol. The van der Waals surface area contributed by atoms with E-state index in [4.69, 9.17) is 0 Å². The molecular weight excluding hydrogens is 328 g/mol. The Kier molecular flexibility index (Phi) is 4.84. The summed E-state index contributed by atoms with van der Waals surface area (Å²) in [6, 6.07) is 11.5. The Labute approximate surface area is 151 Å². The zero-order chi connectivity index (χ0) is 18.8. The van der Waals surface area contributed by atoms with Crippen LogP contribution in [0.1, 0.15) is 35.2 Å². The van der Waals surface area contributed by atoms with Crippen molar-refractivity contribution < 1.29 is 4.79 Å². The number of nitrogens with one attached hydrogen (secondary N) is 1. The van der Waals surface area contributed by atoms with Crippen LogP contribution in [0.4, 0.5) is 0 Å². The molecule has 0 aliphatic rings. The lowest BCUT2D eigenvalue weighted by molar-refractivity contribution is -0.122. The average Bonchev–Trinajstić information content (AvgIpc) is 2.58. The quantitative estimate of drug-likeness (QED) is 0.785. The highest BCUT2D eigenvalue weighted by atomic mass is 16.2. The third kappa shape index (κ3) is 3.64. The van der Waals surface area contributed by atoms with Gasteiger partial charge in [-0.1, -0.05) is 41.1 Å². The molecule has 0 radical (unpaired) electrons. The smallest absolute Gasteiger partial charge is 0.278 e. The Balaban J connectivity index is 1.80. The number of benzene rings is 2. The van der Waals surface area contributed by atoms with E-state index in [2.05, 4.69) is 15.6 Å². The fraction of sp³-hybridized carbons (Fsp3) is 0.300. The molecule has 0 spiro atoms. The van der Waals surface area contributed by atoms with Crippen LogP contribution in [0, 0.1) is 20.8 Å². The molecule has 0 aliphatic heterocycles. The summed E-state index contributed by atoms with van der Waals surface area (Å²) in [5.74, 6) is -0.279. The molecule has 1 aromatic heterocycles. The monoisotopic (exact) mass is 350 g/mol. The summed E-state index contributed by atoms with van der Waals surface area (Å²) in [5, 5.41) is 11.4. The van der Waals surface area contributed by atoms with Gasteiger partial charge in [0.15, 0.2) is 0 Å². The summed E-state index contributed by atoms with van der Waals surface area (Å²) >= 11 is 0. The Morgan fingerprint density at radius 3 is 2.50 bits per heavy atom. The van der Waals surface area contributed by atoms with Gasteiger partial charge in [-0.3, -0.25) is 9.59 Å². The van der Waals surface area contributed by atoms with Gasteiger partial charge in [0.2, 0.25) is 5.91 Å². The minimum Gasteiger partial charge on any atom is -0.348 e. The van der Waals surface area contributed by atoms with E-state index in [-0.39, 0.29) is 24.1 Å². The highest BCUT2D eigenvalue weighted by Crippen LogP contribution is 2.15. The number of fused-ring (bicyclic) bond motifs is 1. The molecule has 0 aliphatic carbocycles. The number of aromatic nitrogens is 3. The Hall–Kier alpha value is -3.02. The molecule has 3 rings (SSSR count). The Morgan fingerprint density at radius 1 is 1.12 bits per heavy atom. The summed E-state index contributed by atoms with van der Waals surface area (Å²) < 4.78 is 1.11. The van der Waals surface area contributed by atoms with Crippen LogP contribution in [0.5, 0.6) is 0 Å². The number of hydrogen-bond acceptors (Lipinski definition) is 4. The highest BCUT2D eigenvalue weighted by molar-refractivity contribution is 5.81. The number of amides is 1. The van der Waals surface area contributed by atoms with E-state index >= 15 is 0 Å². The van der Waals surface area contributed by atoms with Crippen molar-refractivity contribution in [2.24, 2.45) is 0 Å². The standard InChI is InChI=1S/C20H22N4O2/c1-12-5-7-16(8-6-12)15(4)21-18(25)11-24-20(26)17-10-13(2)9-14(3)19(17)22-23-24/h5-10,15H,11H2,1-4H3,(H,21,25)/t15-/m0/s1. The first-order valence-electron chi connectivity index (χ1n) is 8.56. The van der Waals surface area contributed by atoms with Crippen molar-refractivity contribution in [2.75, 3.05) is 0 Å². The molecule has 3 aromatic rings. The van der Waals surface area contributed by atoms with Crippen molar-refractivity contribution in [1.82, 2.24) is 20.3 Å². The summed E-state index contributed by atoms with van der Waals surface area (Å²) in [5.41, 5.74) is 4.31. The zero-order valence-electron chi connectivity index (χ0n) is 15.4.